The van der Waals surface area contributed by atoms with Crippen molar-refractivity contribution in [1.29, 1.82) is 0 Å². The average Bonchev–Trinajstić information content (AvgIpc) is 3.97. The number of hydrogen-bond donors (Lipinski definition) is 0. The van der Waals surface area contributed by atoms with Crippen LogP contribution in [-0.2, 0) is 0 Å². The third-order valence-electron chi connectivity index (χ3n) is 11.4. The molecule has 0 saturated carbocycles. The number of fused-ring (bicyclic) bond motifs is 15. The van der Waals surface area contributed by atoms with Gasteiger partial charge in [-0.15, -0.1) is 22.7 Å². The maximum Gasteiger partial charge on any atom is 0.0789 e. The quantitative estimate of drug-likeness (QED) is 0.166. The zero-order valence-corrected chi connectivity index (χ0v) is 29.9. The molecule has 5 aromatic heterocycles. The summed E-state index contributed by atoms with van der Waals surface area (Å²) in [6.45, 7) is 0. The van der Waals surface area contributed by atoms with Gasteiger partial charge in [0.2, 0.25) is 0 Å². The van der Waals surface area contributed by atoms with E-state index >= 15 is 0 Å². The van der Waals surface area contributed by atoms with Gasteiger partial charge in [0, 0.05) is 58.2 Å². The van der Waals surface area contributed by atoms with E-state index in [1.165, 1.54) is 106 Å². The molecule has 13 rings (SSSR count). The van der Waals surface area contributed by atoms with Gasteiger partial charge in [0.05, 0.1) is 53.9 Å². The number of thiophene rings is 2. The molecule has 0 aliphatic carbocycles. The molecule has 0 amide bonds. The van der Waals surface area contributed by atoms with Gasteiger partial charge in [-0.1, -0.05) is 109 Å². The summed E-state index contributed by atoms with van der Waals surface area (Å²) in [6.07, 6.45) is 0. The summed E-state index contributed by atoms with van der Waals surface area (Å²) < 4.78 is 10.2. The summed E-state index contributed by atoms with van der Waals surface area (Å²) >= 11 is 3.77. The third kappa shape index (κ3) is 3.58. The highest BCUT2D eigenvalue weighted by Crippen LogP contribution is 2.50. The van der Waals surface area contributed by atoms with Crippen LogP contribution in [0.3, 0.4) is 0 Å². The van der Waals surface area contributed by atoms with E-state index in [4.69, 9.17) is 0 Å². The molecule has 3 nitrogen and oxygen atoms in total. The topological polar surface area (TPSA) is 12.1 Å². The predicted molar refractivity (Wildman–Crippen MR) is 230 cm³/mol. The van der Waals surface area contributed by atoms with Gasteiger partial charge in [0.1, 0.15) is 0 Å². The van der Waals surface area contributed by atoms with Gasteiger partial charge < -0.3 is 13.7 Å². The second kappa shape index (κ2) is 10.1. The molecule has 5 heteroatoms. The van der Waals surface area contributed by atoms with Gasteiger partial charge in [-0.3, -0.25) is 0 Å². The minimum Gasteiger partial charge on any atom is -0.308 e. The Morgan fingerprint density at radius 1 is 0.340 bits per heavy atom. The van der Waals surface area contributed by atoms with E-state index in [2.05, 4.69) is 177 Å². The molecule has 246 valence electrons. The summed E-state index contributed by atoms with van der Waals surface area (Å²) in [5.41, 5.74) is 10.9. The Kier molecular flexibility index (Phi) is 5.40. The van der Waals surface area contributed by atoms with Crippen LogP contribution < -0.4 is 4.90 Å². The van der Waals surface area contributed by atoms with Gasteiger partial charge in [0.15, 0.2) is 0 Å². The lowest BCUT2D eigenvalue weighted by Gasteiger charge is -2.27. The second-order valence-electron chi connectivity index (χ2n) is 14.1. The largest absolute Gasteiger partial charge is 0.308 e. The van der Waals surface area contributed by atoms with E-state index in [0.717, 1.165) is 5.69 Å². The molecule has 0 aliphatic heterocycles. The Bertz CT molecular complexity index is 3540. The van der Waals surface area contributed by atoms with E-state index in [1.807, 2.05) is 22.7 Å². The summed E-state index contributed by atoms with van der Waals surface area (Å²) in [7, 11) is 0. The Balaban J connectivity index is 1.21. The fourth-order valence-electron chi connectivity index (χ4n) is 9.24. The molecule has 13 aromatic rings. The van der Waals surface area contributed by atoms with Crippen molar-refractivity contribution >= 4 is 135 Å². The van der Waals surface area contributed by atoms with Crippen LogP contribution in [0.1, 0.15) is 0 Å². The van der Waals surface area contributed by atoms with Crippen LogP contribution in [0.4, 0.5) is 17.1 Å². The molecule has 5 heterocycles. The van der Waals surface area contributed by atoms with Gasteiger partial charge >= 0.3 is 0 Å². The molecule has 0 fully saturated rings. The monoisotopic (exact) mass is 709 g/mol. The number of nitrogens with zero attached hydrogens (tertiary/aromatic N) is 3. The van der Waals surface area contributed by atoms with Crippen LogP contribution in [0.25, 0.3) is 95.0 Å². The van der Waals surface area contributed by atoms with Crippen molar-refractivity contribution in [1.82, 2.24) is 8.80 Å². The van der Waals surface area contributed by atoms with Crippen LogP contribution in [0.2, 0.25) is 0 Å². The number of hydrogen-bond acceptors (Lipinski definition) is 3. The maximum absolute atomic E-state index is 2.53. The minimum atomic E-state index is 1.14. The molecule has 0 aliphatic rings. The van der Waals surface area contributed by atoms with Gasteiger partial charge in [0.25, 0.3) is 0 Å². The first-order valence-electron chi connectivity index (χ1n) is 18.0. The molecule has 0 radical (unpaired) electrons. The second-order valence-corrected chi connectivity index (χ2v) is 16.2. The average molecular weight is 710 g/mol. The van der Waals surface area contributed by atoms with Crippen molar-refractivity contribution in [3.05, 3.63) is 164 Å². The highest BCUT2D eigenvalue weighted by molar-refractivity contribution is 7.27. The minimum absolute atomic E-state index is 1.14. The van der Waals surface area contributed by atoms with Crippen molar-refractivity contribution in [3.63, 3.8) is 0 Å². The lowest BCUT2D eigenvalue weighted by atomic mass is 10.1. The van der Waals surface area contributed by atoms with Crippen LogP contribution in [0, 0.1) is 0 Å². The fraction of sp³-hybridized carbons (Fsp3) is 0. The van der Waals surface area contributed by atoms with E-state index in [-0.39, 0.29) is 0 Å². The highest BCUT2D eigenvalue weighted by Gasteiger charge is 2.25. The molecule has 53 heavy (non-hydrogen) atoms. The standard InChI is InChI=1S/C48H27N3S2/c1-5-17-37-29(11-1)33-24-25-34-30-12-2-6-18-38(30)51-42-27-28(23-26-39(42)50(37)45(33)46(34)51)49(40-19-9-15-35-31-13-3-7-21-43(31)52-47(35)40)41-20-10-16-36-32-14-4-8-22-44(32)53-48(36)41/h1-27H. The molecule has 0 saturated heterocycles. The molecular weight excluding hydrogens is 683 g/mol. The van der Waals surface area contributed by atoms with Crippen molar-refractivity contribution < 1.29 is 0 Å². The summed E-state index contributed by atoms with van der Waals surface area (Å²) in [5, 5.41) is 10.3. The number of rotatable bonds is 3. The van der Waals surface area contributed by atoms with Gasteiger partial charge in [-0.05, 0) is 54.6 Å². The Morgan fingerprint density at radius 3 is 1.38 bits per heavy atom. The van der Waals surface area contributed by atoms with E-state index in [9.17, 15) is 0 Å². The molecular formula is C48H27N3S2. The Labute approximate surface area is 310 Å². The summed E-state index contributed by atoms with van der Waals surface area (Å²) in [5.74, 6) is 0. The fourth-order valence-corrected chi connectivity index (χ4v) is 11.7. The first-order valence-corrected chi connectivity index (χ1v) is 19.7. The van der Waals surface area contributed by atoms with Crippen molar-refractivity contribution in [3.8, 4) is 0 Å². The molecule has 0 atom stereocenters. The van der Waals surface area contributed by atoms with Gasteiger partial charge in [-0.2, -0.15) is 0 Å². The maximum atomic E-state index is 2.53. The van der Waals surface area contributed by atoms with Crippen LogP contribution >= 0.6 is 22.7 Å². The Morgan fingerprint density at radius 2 is 0.811 bits per heavy atom. The predicted octanol–water partition coefficient (Wildman–Crippen LogP) is 14.4. The Hall–Kier alpha value is -6.40. The van der Waals surface area contributed by atoms with E-state index in [0.29, 0.717) is 0 Å². The number of aromatic nitrogens is 2. The molecule has 0 N–H and O–H groups in total. The highest BCUT2D eigenvalue weighted by atomic mass is 32.1. The lowest BCUT2D eigenvalue weighted by molar-refractivity contribution is 1.24. The third-order valence-corrected chi connectivity index (χ3v) is 13.8. The zero-order chi connectivity index (χ0) is 34.4. The normalized spacial score (nSPS) is 12.5. The first kappa shape index (κ1) is 28.2. The molecule has 0 bridgehead atoms. The first-order chi connectivity index (χ1) is 26.3. The zero-order valence-electron chi connectivity index (χ0n) is 28.2. The van der Waals surface area contributed by atoms with Crippen LogP contribution in [-0.4, -0.2) is 8.80 Å². The van der Waals surface area contributed by atoms with Crippen LogP contribution in [0.5, 0.6) is 0 Å². The van der Waals surface area contributed by atoms with E-state index in [1.54, 1.807) is 0 Å². The van der Waals surface area contributed by atoms with E-state index < -0.39 is 0 Å². The smallest absolute Gasteiger partial charge is 0.0789 e. The van der Waals surface area contributed by atoms with Crippen molar-refractivity contribution in [2.24, 2.45) is 0 Å². The van der Waals surface area contributed by atoms with Crippen molar-refractivity contribution in [2.75, 3.05) is 4.90 Å². The number of para-hydroxylation sites is 2. The summed E-state index contributed by atoms with van der Waals surface area (Å²) in [6, 6.07) is 60.8. The number of anilines is 3. The molecule has 0 spiro atoms. The lowest BCUT2D eigenvalue weighted by Crippen LogP contribution is -2.11. The SMILES string of the molecule is c1ccc2c(c1)sc1c(N(c3ccc4c(c3)n3c5ccccc5c5ccc6c7ccccc7n4c6c53)c3cccc4c3sc3ccccc34)cccc12. The molecule has 0 unspecified atom stereocenters. The summed E-state index contributed by atoms with van der Waals surface area (Å²) in [4.78, 5) is 2.53. The molecule has 8 aromatic carbocycles. The van der Waals surface area contributed by atoms with Crippen molar-refractivity contribution in [2.45, 2.75) is 0 Å². The van der Waals surface area contributed by atoms with Gasteiger partial charge in [-0.25, -0.2) is 0 Å². The van der Waals surface area contributed by atoms with Crippen LogP contribution in [0.15, 0.2) is 164 Å². The number of benzene rings is 8.